The molecule has 1 aromatic rings. The first-order chi connectivity index (χ1) is 9.99. The van der Waals surface area contributed by atoms with E-state index in [1.807, 2.05) is 0 Å². The maximum absolute atomic E-state index is 13.8. The molecule has 2 rings (SSSR count). The van der Waals surface area contributed by atoms with E-state index in [0.717, 1.165) is 24.6 Å². The molecule has 1 N–H and O–H groups in total. The van der Waals surface area contributed by atoms with Gasteiger partial charge in [0.2, 0.25) is 5.91 Å². The van der Waals surface area contributed by atoms with Gasteiger partial charge in [-0.3, -0.25) is 9.59 Å². The first kappa shape index (κ1) is 16.1. The normalized spacial score (nSPS) is 14.0. The molecule has 0 atom stereocenters. The van der Waals surface area contributed by atoms with E-state index in [1.165, 1.54) is 12.1 Å². The second kappa shape index (κ2) is 7.13. The van der Waals surface area contributed by atoms with Crippen LogP contribution in [0.4, 0.5) is 4.39 Å². The predicted molar refractivity (Wildman–Crippen MR) is 79.9 cm³/mol. The van der Waals surface area contributed by atoms with Crippen molar-refractivity contribution in [1.82, 2.24) is 4.90 Å². The third kappa shape index (κ3) is 4.61. The van der Waals surface area contributed by atoms with Crippen LogP contribution in [0, 0.1) is 5.82 Å². The molecule has 1 amide bonds. The van der Waals surface area contributed by atoms with E-state index in [-0.39, 0.29) is 30.0 Å². The summed E-state index contributed by atoms with van der Waals surface area (Å²) in [4.78, 5) is 24.2. The number of halogens is 2. The maximum atomic E-state index is 13.8. The molecule has 1 aromatic carbocycles. The summed E-state index contributed by atoms with van der Waals surface area (Å²) in [5, 5.41) is 8.88. The summed E-state index contributed by atoms with van der Waals surface area (Å²) in [5.41, 5.74) is 0.308. The number of aliphatic carboxylic acids is 1. The van der Waals surface area contributed by atoms with E-state index in [1.54, 1.807) is 11.0 Å². The summed E-state index contributed by atoms with van der Waals surface area (Å²) in [6.45, 7) is 0.128. The minimum Gasteiger partial charge on any atom is -0.481 e. The zero-order valence-electron chi connectivity index (χ0n) is 11.2. The Morgan fingerprint density at radius 2 is 2.10 bits per heavy atom. The fourth-order valence-corrected chi connectivity index (χ4v) is 2.81. The number of carbonyl (C=O) groups is 2. The van der Waals surface area contributed by atoms with E-state index >= 15 is 0 Å². The monoisotopic (exact) mass is 331 g/mol. The molecule has 0 radical (unpaired) electrons. The van der Waals surface area contributed by atoms with Gasteiger partial charge in [-0.1, -0.05) is 17.7 Å². The number of hydrogen-bond acceptors (Lipinski definition) is 3. The fraction of sp³-hybridized carbons (Fsp3) is 0.429. The van der Waals surface area contributed by atoms with Crippen LogP contribution in [0.25, 0.3) is 0 Å². The zero-order valence-corrected chi connectivity index (χ0v) is 12.8. The number of thioether (sulfide) groups is 1. The van der Waals surface area contributed by atoms with E-state index in [0.29, 0.717) is 10.6 Å². The quantitative estimate of drug-likeness (QED) is 0.834. The van der Waals surface area contributed by atoms with Crippen molar-refractivity contribution in [3.8, 4) is 0 Å². The molecule has 4 nitrogen and oxygen atoms in total. The van der Waals surface area contributed by atoms with Crippen molar-refractivity contribution >= 4 is 35.2 Å². The predicted octanol–water partition coefficient (Wildman–Crippen LogP) is 2.79. The van der Waals surface area contributed by atoms with Gasteiger partial charge in [0, 0.05) is 16.6 Å². The number of carboxylic acid groups (broad SMARTS) is 1. The van der Waals surface area contributed by atoms with Crippen molar-refractivity contribution in [2.24, 2.45) is 0 Å². The third-order valence-corrected chi connectivity index (χ3v) is 4.41. The maximum Gasteiger partial charge on any atom is 0.313 e. The number of amides is 1. The Balaban J connectivity index is 2.02. The average Bonchev–Trinajstić information content (AvgIpc) is 3.22. The highest BCUT2D eigenvalue weighted by Crippen LogP contribution is 2.31. The molecule has 0 bridgehead atoms. The topological polar surface area (TPSA) is 57.6 Å². The van der Waals surface area contributed by atoms with E-state index < -0.39 is 11.8 Å². The Labute approximate surface area is 131 Å². The molecule has 0 heterocycles. The van der Waals surface area contributed by atoms with Gasteiger partial charge in [0.05, 0.1) is 18.1 Å². The Bertz CT molecular complexity index is 531. The van der Waals surface area contributed by atoms with Gasteiger partial charge in [-0.05, 0) is 25.0 Å². The minimum atomic E-state index is -0.956. The summed E-state index contributed by atoms with van der Waals surface area (Å²) in [6, 6.07) is 4.54. The second-order valence-electron chi connectivity index (χ2n) is 4.84. The van der Waals surface area contributed by atoms with Gasteiger partial charge >= 0.3 is 5.97 Å². The number of carbonyl (C=O) groups excluding carboxylic acids is 1. The van der Waals surface area contributed by atoms with Gasteiger partial charge in [0.15, 0.2) is 0 Å². The number of rotatable bonds is 7. The largest absolute Gasteiger partial charge is 0.481 e. The molecule has 114 valence electrons. The summed E-state index contributed by atoms with van der Waals surface area (Å²) >= 11 is 7.03. The van der Waals surface area contributed by atoms with Gasteiger partial charge in [-0.15, -0.1) is 11.8 Å². The summed E-state index contributed by atoms with van der Waals surface area (Å²) in [5.74, 6) is -1.61. The van der Waals surface area contributed by atoms with Crippen LogP contribution >= 0.6 is 23.4 Å². The average molecular weight is 332 g/mol. The Morgan fingerprint density at radius 1 is 1.38 bits per heavy atom. The van der Waals surface area contributed by atoms with E-state index in [2.05, 4.69) is 0 Å². The first-order valence-corrected chi connectivity index (χ1v) is 8.04. The van der Waals surface area contributed by atoms with Crippen molar-refractivity contribution in [1.29, 1.82) is 0 Å². The molecule has 0 saturated heterocycles. The van der Waals surface area contributed by atoms with Crippen LogP contribution in [0.1, 0.15) is 18.4 Å². The smallest absolute Gasteiger partial charge is 0.313 e. The number of hydrogen-bond donors (Lipinski definition) is 1. The van der Waals surface area contributed by atoms with E-state index in [9.17, 15) is 14.0 Å². The Morgan fingerprint density at radius 3 is 2.67 bits per heavy atom. The van der Waals surface area contributed by atoms with Crippen molar-refractivity contribution in [2.45, 2.75) is 25.4 Å². The molecule has 1 saturated carbocycles. The van der Waals surface area contributed by atoms with Crippen LogP contribution in [0.2, 0.25) is 5.02 Å². The molecule has 1 fully saturated rings. The lowest BCUT2D eigenvalue weighted by Gasteiger charge is -2.23. The highest BCUT2D eigenvalue weighted by molar-refractivity contribution is 8.00. The standard InChI is InChI=1S/C14H15ClFNO3S/c15-11-2-1-3-12(16)10(11)6-17(9-4-5-9)13(18)7-21-8-14(19)20/h1-3,9H,4-8H2,(H,19,20). The summed E-state index contributed by atoms with van der Waals surface area (Å²) in [7, 11) is 0. The molecular weight excluding hydrogens is 317 g/mol. The van der Waals surface area contributed by atoms with Crippen LogP contribution in [0.15, 0.2) is 18.2 Å². The van der Waals surface area contributed by atoms with Gasteiger partial charge in [-0.2, -0.15) is 0 Å². The van der Waals surface area contributed by atoms with Crippen molar-refractivity contribution in [3.05, 3.63) is 34.6 Å². The highest BCUT2D eigenvalue weighted by atomic mass is 35.5. The van der Waals surface area contributed by atoms with Crippen LogP contribution in [-0.4, -0.2) is 39.4 Å². The lowest BCUT2D eigenvalue weighted by Crippen LogP contribution is -2.34. The molecule has 1 aliphatic carbocycles. The van der Waals surface area contributed by atoms with Gasteiger partial charge in [-0.25, -0.2) is 4.39 Å². The summed E-state index contributed by atoms with van der Waals surface area (Å²) in [6.07, 6.45) is 1.78. The molecule has 21 heavy (non-hydrogen) atoms. The van der Waals surface area contributed by atoms with Crippen LogP contribution in [-0.2, 0) is 16.1 Å². The molecule has 0 aliphatic heterocycles. The lowest BCUT2D eigenvalue weighted by molar-refractivity contribution is -0.133. The zero-order chi connectivity index (χ0) is 15.4. The Hall–Kier alpha value is -1.27. The number of nitrogens with zero attached hydrogens (tertiary/aromatic N) is 1. The lowest BCUT2D eigenvalue weighted by atomic mass is 10.2. The van der Waals surface area contributed by atoms with Gasteiger partial charge < -0.3 is 10.0 Å². The van der Waals surface area contributed by atoms with Crippen molar-refractivity contribution in [3.63, 3.8) is 0 Å². The minimum absolute atomic E-state index is 0.0782. The summed E-state index contributed by atoms with van der Waals surface area (Å²) < 4.78 is 13.8. The van der Waals surface area contributed by atoms with E-state index in [4.69, 9.17) is 16.7 Å². The fourth-order valence-electron chi connectivity index (χ4n) is 1.97. The van der Waals surface area contributed by atoms with Crippen molar-refractivity contribution < 1.29 is 19.1 Å². The SMILES string of the molecule is O=C(O)CSCC(=O)N(Cc1c(F)cccc1Cl)C1CC1. The number of carboxylic acids is 1. The van der Waals surface area contributed by atoms with Crippen LogP contribution < -0.4 is 0 Å². The highest BCUT2D eigenvalue weighted by Gasteiger charge is 2.33. The Kier molecular flexibility index (Phi) is 5.47. The molecule has 7 heteroatoms. The second-order valence-corrected chi connectivity index (χ2v) is 6.23. The first-order valence-electron chi connectivity index (χ1n) is 6.51. The molecule has 1 aliphatic rings. The van der Waals surface area contributed by atoms with Crippen LogP contribution in [0.3, 0.4) is 0 Å². The van der Waals surface area contributed by atoms with Gasteiger partial charge in [0.25, 0.3) is 0 Å². The molecule has 0 spiro atoms. The van der Waals surface area contributed by atoms with Crippen molar-refractivity contribution in [2.75, 3.05) is 11.5 Å². The molecule has 0 aromatic heterocycles. The molecule has 0 unspecified atom stereocenters. The molecular formula is C14H15ClFNO3S. The number of benzene rings is 1. The third-order valence-electron chi connectivity index (χ3n) is 3.15. The van der Waals surface area contributed by atoms with Crippen LogP contribution in [0.5, 0.6) is 0 Å². The van der Waals surface area contributed by atoms with Gasteiger partial charge in [0.1, 0.15) is 5.82 Å².